The molecule has 1 amide bonds. The van der Waals surface area contributed by atoms with E-state index < -0.39 is 0 Å². The van der Waals surface area contributed by atoms with Gasteiger partial charge < -0.3 is 15.1 Å². The van der Waals surface area contributed by atoms with Gasteiger partial charge in [0.25, 0.3) is 0 Å². The number of amides is 1. The van der Waals surface area contributed by atoms with Crippen LogP contribution < -0.4 is 5.32 Å². The van der Waals surface area contributed by atoms with Crippen molar-refractivity contribution in [2.24, 2.45) is 0 Å². The van der Waals surface area contributed by atoms with Crippen LogP contribution in [-0.4, -0.2) is 55.5 Å². The summed E-state index contributed by atoms with van der Waals surface area (Å²) >= 11 is 0. The Morgan fingerprint density at radius 2 is 1.90 bits per heavy atom. The molecule has 0 unspecified atom stereocenters. The molecule has 0 radical (unpaired) electrons. The topological polar surface area (TPSA) is 35.6 Å². The number of hydrogen-bond donors (Lipinski definition) is 1. The summed E-state index contributed by atoms with van der Waals surface area (Å²) in [4.78, 5) is 16.2. The Hall–Kier alpha value is -1.10. The Morgan fingerprint density at radius 1 is 1.25 bits per heavy atom. The van der Waals surface area contributed by atoms with E-state index in [0.717, 1.165) is 39.3 Å². The summed E-state index contributed by atoms with van der Waals surface area (Å²) in [6.07, 6.45) is 0.614. The summed E-state index contributed by atoms with van der Waals surface area (Å²) in [7, 11) is 2.07. The molecule has 1 fully saturated rings. The third-order valence-corrected chi connectivity index (χ3v) is 3.47. The fourth-order valence-electron chi connectivity index (χ4n) is 2.33. The molecule has 1 saturated heterocycles. The Balaban J connectivity index is 0.00000200. The molecule has 4 nitrogen and oxygen atoms in total. The average molecular weight is 298 g/mol. The second-order valence-electron chi connectivity index (χ2n) is 5.10. The lowest BCUT2D eigenvalue weighted by Crippen LogP contribution is -2.47. The first-order chi connectivity index (χ1) is 9.25. The molecule has 0 spiro atoms. The summed E-state index contributed by atoms with van der Waals surface area (Å²) in [6.45, 7) is 5.26. The van der Waals surface area contributed by atoms with Crippen molar-refractivity contribution in [3.8, 4) is 0 Å². The van der Waals surface area contributed by atoms with Crippen molar-refractivity contribution in [2.45, 2.75) is 13.0 Å². The monoisotopic (exact) mass is 297 g/mol. The van der Waals surface area contributed by atoms with Gasteiger partial charge in [-0.15, -0.1) is 12.4 Å². The van der Waals surface area contributed by atoms with Gasteiger partial charge in [-0.3, -0.25) is 4.79 Å². The van der Waals surface area contributed by atoms with Crippen LogP contribution in [0.25, 0.3) is 0 Å². The molecule has 1 aliphatic heterocycles. The Kier molecular flexibility index (Phi) is 7.59. The molecule has 1 aromatic rings. The first-order valence-electron chi connectivity index (χ1n) is 6.96. The lowest BCUT2D eigenvalue weighted by Gasteiger charge is -2.28. The minimum Gasteiger partial charge on any atom is -0.340 e. The maximum atomic E-state index is 12.0. The summed E-state index contributed by atoms with van der Waals surface area (Å²) in [5, 5.41) is 3.26. The van der Waals surface area contributed by atoms with Gasteiger partial charge in [0.05, 0.1) is 0 Å². The van der Waals surface area contributed by atoms with Gasteiger partial charge in [-0.25, -0.2) is 0 Å². The number of nitrogens with one attached hydrogen (secondary N) is 1. The van der Waals surface area contributed by atoms with E-state index in [9.17, 15) is 4.79 Å². The first-order valence-corrected chi connectivity index (χ1v) is 6.96. The number of halogens is 1. The van der Waals surface area contributed by atoms with Crippen LogP contribution in [0, 0.1) is 0 Å². The van der Waals surface area contributed by atoms with Gasteiger partial charge in [0, 0.05) is 45.7 Å². The average Bonchev–Trinajstić information content (AvgIpc) is 2.47. The van der Waals surface area contributed by atoms with E-state index >= 15 is 0 Å². The molecule has 0 aliphatic carbocycles. The van der Waals surface area contributed by atoms with Gasteiger partial charge in [-0.2, -0.15) is 0 Å². The van der Waals surface area contributed by atoms with Crippen LogP contribution in [0.2, 0.25) is 0 Å². The molecular weight excluding hydrogens is 274 g/mol. The molecule has 0 atom stereocenters. The molecule has 1 N–H and O–H groups in total. The van der Waals surface area contributed by atoms with Crippen molar-refractivity contribution in [2.75, 3.05) is 39.8 Å². The Labute approximate surface area is 127 Å². The molecule has 0 aromatic heterocycles. The third-order valence-electron chi connectivity index (χ3n) is 3.47. The van der Waals surface area contributed by atoms with Gasteiger partial charge in [-0.05, 0) is 12.6 Å². The van der Waals surface area contributed by atoms with E-state index in [0.29, 0.717) is 6.42 Å². The van der Waals surface area contributed by atoms with Crippen molar-refractivity contribution in [1.29, 1.82) is 0 Å². The SMILES string of the molecule is CN(CCC(=O)N1CCNCC1)Cc1ccccc1.Cl. The number of carbonyl (C=O) groups excluding carboxylic acids is 1. The number of piperazine rings is 1. The summed E-state index contributed by atoms with van der Waals surface area (Å²) in [6, 6.07) is 10.4. The second-order valence-corrected chi connectivity index (χ2v) is 5.10. The van der Waals surface area contributed by atoms with Gasteiger partial charge in [0.15, 0.2) is 0 Å². The number of hydrogen-bond acceptors (Lipinski definition) is 3. The zero-order valence-corrected chi connectivity index (χ0v) is 12.9. The fourth-order valence-corrected chi connectivity index (χ4v) is 2.33. The van der Waals surface area contributed by atoms with Crippen LogP contribution in [0.15, 0.2) is 30.3 Å². The van der Waals surface area contributed by atoms with Crippen molar-refractivity contribution < 1.29 is 4.79 Å². The van der Waals surface area contributed by atoms with Crippen LogP contribution in [-0.2, 0) is 11.3 Å². The van der Waals surface area contributed by atoms with E-state index in [1.54, 1.807) is 0 Å². The smallest absolute Gasteiger partial charge is 0.223 e. The summed E-state index contributed by atoms with van der Waals surface area (Å²) in [5.74, 6) is 0.279. The molecule has 1 aromatic carbocycles. The lowest BCUT2D eigenvalue weighted by molar-refractivity contribution is -0.132. The van der Waals surface area contributed by atoms with E-state index in [4.69, 9.17) is 0 Å². The number of carbonyl (C=O) groups is 1. The minimum atomic E-state index is 0. The Bertz CT molecular complexity index is 393. The van der Waals surface area contributed by atoms with Crippen LogP contribution >= 0.6 is 12.4 Å². The lowest BCUT2D eigenvalue weighted by atomic mass is 10.2. The van der Waals surface area contributed by atoms with Gasteiger partial charge in [0.1, 0.15) is 0 Å². The summed E-state index contributed by atoms with van der Waals surface area (Å²) in [5.41, 5.74) is 1.29. The fraction of sp³-hybridized carbons (Fsp3) is 0.533. The van der Waals surface area contributed by atoms with Crippen molar-refractivity contribution in [3.05, 3.63) is 35.9 Å². The van der Waals surface area contributed by atoms with E-state index in [1.807, 2.05) is 11.0 Å². The van der Waals surface area contributed by atoms with Crippen molar-refractivity contribution in [3.63, 3.8) is 0 Å². The zero-order valence-electron chi connectivity index (χ0n) is 12.0. The van der Waals surface area contributed by atoms with Crippen LogP contribution in [0.3, 0.4) is 0 Å². The minimum absolute atomic E-state index is 0. The standard InChI is InChI=1S/C15H23N3O.ClH/c1-17(13-14-5-3-2-4-6-14)10-7-15(19)18-11-8-16-9-12-18;/h2-6,16H,7-13H2,1H3;1H. The highest BCUT2D eigenvalue weighted by Gasteiger charge is 2.16. The van der Waals surface area contributed by atoms with Gasteiger partial charge in [-0.1, -0.05) is 30.3 Å². The number of rotatable bonds is 5. The van der Waals surface area contributed by atoms with Crippen LogP contribution in [0.5, 0.6) is 0 Å². The Morgan fingerprint density at radius 3 is 2.55 bits per heavy atom. The largest absolute Gasteiger partial charge is 0.340 e. The van der Waals surface area contributed by atoms with Crippen LogP contribution in [0.1, 0.15) is 12.0 Å². The highest BCUT2D eigenvalue weighted by atomic mass is 35.5. The molecule has 2 rings (SSSR count). The molecule has 1 heterocycles. The normalized spacial score (nSPS) is 15.0. The van der Waals surface area contributed by atoms with Gasteiger partial charge in [0.2, 0.25) is 5.91 Å². The van der Waals surface area contributed by atoms with Crippen molar-refractivity contribution >= 4 is 18.3 Å². The predicted octanol–water partition coefficient (Wildman–Crippen LogP) is 1.36. The maximum absolute atomic E-state index is 12.0. The van der Waals surface area contributed by atoms with Gasteiger partial charge >= 0.3 is 0 Å². The molecule has 5 heteroatoms. The molecular formula is C15H24ClN3O. The molecule has 1 aliphatic rings. The number of benzene rings is 1. The van der Waals surface area contributed by atoms with E-state index in [1.165, 1.54) is 5.56 Å². The summed E-state index contributed by atoms with van der Waals surface area (Å²) < 4.78 is 0. The van der Waals surface area contributed by atoms with E-state index in [-0.39, 0.29) is 18.3 Å². The third kappa shape index (κ3) is 5.49. The first kappa shape index (κ1) is 17.0. The molecule has 112 valence electrons. The van der Waals surface area contributed by atoms with Crippen molar-refractivity contribution in [1.82, 2.24) is 15.1 Å². The highest BCUT2D eigenvalue weighted by Crippen LogP contribution is 2.04. The predicted molar refractivity (Wildman–Crippen MR) is 84.1 cm³/mol. The molecule has 0 saturated carbocycles. The second kappa shape index (κ2) is 8.95. The molecule has 20 heavy (non-hydrogen) atoms. The highest BCUT2D eigenvalue weighted by molar-refractivity contribution is 5.85. The number of nitrogens with zero attached hydrogens (tertiary/aromatic N) is 2. The molecule has 0 bridgehead atoms. The van der Waals surface area contributed by atoms with E-state index in [2.05, 4.69) is 41.5 Å². The zero-order chi connectivity index (χ0) is 13.5. The van der Waals surface area contributed by atoms with Crippen LogP contribution in [0.4, 0.5) is 0 Å². The maximum Gasteiger partial charge on any atom is 0.223 e. The quantitative estimate of drug-likeness (QED) is 0.891.